The maximum absolute atomic E-state index is 13.7. The second-order valence-corrected chi connectivity index (χ2v) is 15.8. The minimum absolute atomic E-state index is 0.0649. The number of hydrogen-bond acceptors (Lipinski definition) is 6. The molecule has 1 aromatic heterocycles. The maximum Gasteiger partial charge on any atom is 0.283 e. The lowest BCUT2D eigenvalue weighted by Gasteiger charge is -2.42. The number of sulfone groups is 1. The lowest BCUT2D eigenvalue weighted by atomic mass is 9.98. The van der Waals surface area contributed by atoms with Crippen LogP contribution in [0.5, 0.6) is 0 Å². The summed E-state index contributed by atoms with van der Waals surface area (Å²) in [5, 5.41) is 4.88. The predicted octanol–water partition coefficient (Wildman–Crippen LogP) is 5.42. The van der Waals surface area contributed by atoms with Crippen LogP contribution in [0, 0.1) is 0 Å². The van der Waals surface area contributed by atoms with Crippen LogP contribution in [0.3, 0.4) is 0 Å². The van der Waals surface area contributed by atoms with E-state index in [1.807, 2.05) is 0 Å². The molecule has 188 valence electrons. The molecule has 0 unspecified atom stereocenters. The van der Waals surface area contributed by atoms with Gasteiger partial charge >= 0.3 is 0 Å². The third kappa shape index (κ3) is 4.13. The minimum Gasteiger partial charge on any atom is -0.349 e. The number of piperidine rings is 1. The van der Waals surface area contributed by atoms with E-state index in [1.165, 1.54) is 24.3 Å². The fraction of sp³-hybridized carbons (Fsp3) is 0.435. The van der Waals surface area contributed by atoms with Gasteiger partial charge in [-0.1, -0.05) is 17.7 Å². The van der Waals surface area contributed by atoms with Gasteiger partial charge in [-0.2, -0.15) is 12.5 Å². The van der Waals surface area contributed by atoms with E-state index in [4.69, 9.17) is 34.8 Å². The Morgan fingerprint density at radius 1 is 0.943 bits per heavy atom. The van der Waals surface area contributed by atoms with Gasteiger partial charge in [0.05, 0.1) is 31.0 Å². The fourth-order valence-electron chi connectivity index (χ4n) is 4.73. The quantitative estimate of drug-likeness (QED) is 0.377. The SMILES string of the molecule is CC(C)S(=O)(=O)c1ccc(S(=O)(=O)n2nc(N3CCC(Cl)(Cl)CC34CC4)c3c(Cl)cccc32)cc1. The number of aromatic nitrogens is 2. The molecule has 0 N–H and O–H groups in total. The van der Waals surface area contributed by atoms with Crippen molar-refractivity contribution in [2.45, 2.75) is 64.4 Å². The van der Waals surface area contributed by atoms with Gasteiger partial charge in [0.1, 0.15) is 4.33 Å². The van der Waals surface area contributed by atoms with E-state index >= 15 is 0 Å². The topological polar surface area (TPSA) is 89.3 Å². The van der Waals surface area contributed by atoms with Crippen molar-refractivity contribution >= 4 is 71.4 Å². The first-order valence-corrected chi connectivity index (χ1v) is 15.3. The van der Waals surface area contributed by atoms with Crippen LogP contribution >= 0.6 is 34.8 Å². The van der Waals surface area contributed by atoms with Gasteiger partial charge in [-0.05, 0) is 69.5 Å². The largest absolute Gasteiger partial charge is 0.349 e. The summed E-state index contributed by atoms with van der Waals surface area (Å²) in [5.41, 5.74) is 0.0691. The molecule has 5 rings (SSSR count). The molecule has 0 bridgehead atoms. The molecular formula is C23H24Cl3N3O4S2. The molecule has 2 aromatic carbocycles. The Labute approximate surface area is 219 Å². The molecule has 2 heterocycles. The van der Waals surface area contributed by atoms with Gasteiger partial charge < -0.3 is 4.90 Å². The lowest BCUT2D eigenvalue weighted by Crippen LogP contribution is -2.48. The molecule has 1 saturated carbocycles. The second kappa shape index (κ2) is 8.25. The van der Waals surface area contributed by atoms with Crippen molar-refractivity contribution in [1.82, 2.24) is 9.19 Å². The van der Waals surface area contributed by atoms with Crippen LogP contribution in [0.2, 0.25) is 5.02 Å². The zero-order chi connectivity index (χ0) is 25.4. The summed E-state index contributed by atoms with van der Waals surface area (Å²) in [6.45, 7) is 3.67. The van der Waals surface area contributed by atoms with E-state index in [2.05, 4.69) is 10.00 Å². The number of benzene rings is 2. The first kappa shape index (κ1) is 25.1. The number of nitrogens with zero attached hydrogens (tertiary/aromatic N) is 3. The van der Waals surface area contributed by atoms with Gasteiger partial charge in [0.25, 0.3) is 10.0 Å². The van der Waals surface area contributed by atoms with Gasteiger partial charge in [0.15, 0.2) is 15.7 Å². The first-order valence-electron chi connectivity index (χ1n) is 11.2. The number of anilines is 1. The average Bonchev–Trinajstić information content (AvgIpc) is 3.41. The highest BCUT2D eigenvalue weighted by atomic mass is 35.5. The summed E-state index contributed by atoms with van der Waals surface area (Å²) in [4.78, 5) is 2.08. The average molecular weight is 577 g/mol. The van der Waals surface area contributed by atoms with E-state index in [0.29, 0.717) is 41.1 Å². The van der Waals surface area contributed by atoms with Gasteiger partial charge in [-0.25, -0.2) is 8.42 Å². The molecule has 12 heteroatoms. The van der Waals surface area contributed by atoms with E-state index in [-0.39, 0.29) is 15.3 Å². The van der Waals surface area contributed by atoms with Crippen molar-refractivity contribution in [1.29, 1.82) is 0 Å². The number of halogens is 3. The van der Waals surface area contributed by atoms with Crippen LogP contribution < -0.4 is 4.90 Å². The van der Waals surface area contributed by atoms with E-state index in [1.54, 1.807) is 32.0 Å². The van der Waals surface area contributed by atoms with E-state index in [9.17, 15) is 16.8 Å². The van der Waals surface area contributed by atoms with Crippen molar-refractivity contribution < 1.29 is 16.8 Å². The highest BCUT2D eigenvalue weighted by Gasteiger charge is 2.56. The van der Waals surface area contributed by atoms with Crippen LogP contribution in [0.15, 0.2) is 52.3 Å². The summed E-state index contributed by atoms with van der Waals surface area (Å²) in [5.74, 6) is 0.481. The summed E-state index contributed by atoms with van der Waals surface area (Å²) < 4.78 is 52.4. The minimum atomic E-state index is -4.15. The molecule has 2 fully saturated rings. The zero-order valence-electron chi connectivity index (χ0n) is 19.1. The van der Waals surface area contributed by atoms with Crippen LogP contribution in [0.25, 0.3) is 10.9 Å². The third-order valence-electron chi connectivity index (χ3n) is 6.85. The lowest BCUT2D eigenvalue weighted by molar-refractivity contribution is 0.423. The monoisotopic (exact) mass is 575 g/mol. The molecule has 0 radical (unpaired) electrons. The summed E-state index contributed by atoms with van der Waals surface area (Å²) in [6, 6.07) is 10.2. The molecular weight excluding hydrogens is 553 g/mol. The normalized spacial score (nSPS) is 19.5. The maximum atomic E-state index is 13.7. The molecule has 2 aliphatic rings. The fourth-order valence-corrected chi connectivity index (χ4v) is 7.98. The Morgan fingerprint density at radius 2 is 1.57 bits per heavy atom. The molecule has 1 aliphatic heterocycles. The molecule has 3 aromatic rings. The van der Waals surface area contributed by atoms with Gasteiger partial charge in [-0.15, -0.1) is 28.3 Å². The van der Waals surface area contributed by atoms with Crippen molar-refractivity contribution in [2.24, 2.45) is 0 Å². The molecule has 0 atom stereocenters. The standard InChI is InChI=1S/C23H24Cl3N3O4S2/c1-15(2)34(30,31)16-6-8-17(9-7-16)35(32,33)29-19-5-3-4-18(24)20(19)21(27-29)28-13-12-23(25,26)14-22(28)10-11-22/h3-9,15H,10-14H2,1-2H3. The molecule has 7 nitrogen and oxygen atoms in total. The third-order valence-corrected chi connectivity index (χ3v) is 11.6. The summed E-state index contributed by atoms with van der Waals surface area (Å²) >= 11 is 19.5. The second-order valence-electron chi connectivity index (χ2n) is 9.53. The number of fused-ring (bicyclic) bond motifs is 1. The Kier molecular flexibility index (Phi) is 5.92. The molecule has 1 aliphatic carbocycles. The molecule has 0 amide bonds. The summed E-state index contributed by atoms with van der Waals surface area (Å²) in [7, 11) is -7.68. The highest BCUT2D eigenvalue weighted by molar-refractivity contribution is 7.92. The highest BCUT2D eigenvalue weighted by Crippen LogP contribution is 2.56. The van der Waals surface area contributed by atoms with Crippen LogP contribution in [0.4, 0.5) is 5.82 Å². The van der Waals surface area contributed by atoms with Gasteiger partial charge in [-0.3, -0.25) is 0 Å². The van der Waals surface area contributed by atoms with Crippen molar-refractivity contribution in [3.05, 3.63) is 47.5 Å². The van der Waals surface area contributed by atoms with Crippen molar-refractivity contribution in [2.75, 3.05) is 11.4 Å². The van der Waals surface area contributed by atoms with Crippen molar-refractivity contribution in [3.8, 4) is 0 Å². The Bertz CT molecular complexity index is 1530. The Morgan fingerprint density at radius 3 is 2.17 bits per heavy atom. The van der Waals surface area contributed by atoms with Gasteiger partial charge in [0.2, 0.25) is 0 Å². The Hall–Kier alpha value is -1.52. The first-order chi connectivity index (χ1) is 16.3. The number of rotatable bonds is 5. The molecule has 35 heavy (non-hydrogen) atoms. The molecule has 1 spiro atoms. The van der Waals surface area contributed by atoms with Crippen molar-refractivity contribution in [3.63, 3.8) is 0 Å². The number of alkyl halides is 2. The van der Waals surface area contributed by atoms with E-state index < -0.39 is 29.4 Å². The van der Waals surface area contributed by atoms with Crippen LogP contribution in [0.1, 0.15) is 39.5 Å². The Balaban J connectivity index is 1.63. The predicted molar refractivity (Wildman–Crippen MR) is 139 cm³/mol. The smallest absolute Gasteiger partial charge is 0.283 e. The van der Waals surface area contributed by atoms with Crippen LogP contribution in [-0.2, 0) is 19.9 Å². The number of hydrogen-bond donors (Lipinski definition) is 0. The van der Waals surface area contributed by atoms with E-state index in [0.717, 1.165) is 16.9 Å². The zero-order valence-corrected chi connectivity index (χ0v) is 23.0. The summed E-state index contributed by atoms with van der Waals surface area (Å²) in [6.07, 6.45) is 2.83. The van der Waals surface area contributed by atoms with Crippen LogP contribution in [-0.4, -0.2) is 47.7 Å². The van der Waals surface area contributed by atoms with Gasteiger partial charge in [0, 0.05) is 18.5 Å². The molecule has 1 saturated heterocycles.